The van der Waals surface area contributed by atoms with Crippen LogP contribution in [0.5, 0.6) is 0 Å². The van der Waals surface area contributed by atoms with E-state index in [2.05, 4.69) is 14.8 Å². The molecule has 0 N–H and O–H groups in total. The van der Waals surface area contributed by atoms with Crippen LogP contribution in [0.25, 0.3) is 22.3 Å². The first kappa shape index (κ1) is 17.5. The van der Waals surface area contributed by atoms with Gasteiger partial charge in [0.1, 0.15) is 0 Å². The minimum atomic E-state index is 0.110. The number of carbonyl (C=O) groups excluding carboxylic acids is 1. The van der Waals surface area contributed by atoms with Crippen molar-refractivity contribution in [3.63, 3.8) is 0 Å². The lowest BCUT2D eigenvalue weighted by Gasteiger charge is -2.04. The first-order chi connectivity index (χ1) is 13.1. The lowest BCUT2D eigenvalue weighted by molar-refractivity contribution is 0.102. The highest BCUT2D eigenvalue weighted by Gasteiger charge is 2.19. The van der Waals surface area contributed by atoms with Crippen LogP contribution in [0.3, 0.4) is 0 Å². The van der Waals surface area contributed by atoms with Gasteiger partial charge in [-0.25, -0.2) is 0 Å². The summed E-state index contributed by atoms with van der Waals surface area (Å²) in [6.07, 6.45) is 0. The van der Waals surface area contributed by atoms with Crippen molar-refractivity contribution in [1.82, 2.24) is 19.3 Å². The number of fused-ring (bicyclic) bond motifs is 1. The third-order valence-electron chi connectivity index (χ3n) is 4.88. The Balaban J connectivity index is 1.58. The van der Waals surface area contributed by atoms with Crippen molar-refractivity contribution in [2.45, 2.75) is 12.1 Å². The van der Waals surface area contributed by atoms with E-state index in [1.165, 1.54) is 11.8 Å². The summed E-state index contributed by atoms with van der Waals surface area (Å²) in [6.45, 7) is 1.99. The highest BCUT2D eigenvalue weighted by Crippen LogP contribution is 2.28. The van der Waals surface area contributed by atoms with E-state index in [9.17, 15) is 4.79 Å². The molecule has 0 saturated carbocycles. The summed E-state index contributed by atoms with van der Waals surface area (Å²) in [4.78, 5) is 13.0. The molecule has 0 aliphatic heterocycles. The molecule has 0 aliphatic rings. The fourth-order valence-electron chi connectivity index (χ4n) is 3.35. The van der Waals surface area contributed by atoms with Gasteiger partial charge in [-0.3, -0.25) is 4.79 Å². The van der Waals surface area contributed by atoms with E-state index >= 15 is 0 Å². The number of Topliss-reactive ketones (excluding diaryl/α,β-unsaturated/α-hetero) is 1. The number of benzene rings is 2. The molecule has 2 heterocycles. The predicted octanol–water partition coefficient (Wildman–Crippen LogP) is 4.26. The molecule has 0 atom stereocenters. The molecule has 2 aromatic carbocycles. The van der Waals surface area contributed by atoms with Crippen molar-refractivity contribution in [3.8, 4) is 11.4 Å². The van der Waals surface area contributed by atoms with E-state index in [0.717, 1.165) is 38.7 Å². The van der Waals surface area contributed by atoms with Crippen LogP contribution in [0.15, 0.2) is 59.8 Å². The zero-order valence-electron chi connectivity index (χ0n) is 15.5. The molecule has 0 amide bonds. The normalized spacial score (nSPS) is 11.2. The SMILES string of the molecule is Cc1c(C(=O)CSc2nnc(-c3ccccc3)n2C)c2ccccc2n1C. The summed E-state index contributed by atoms with van der Waals surface area (Å²) < 4.78 is 4.01. The number of nitrogens with zero attached hydrogens (tertiary/aromatic N) is 4. The third kappa shape index (κ3) is 3.06. The molecule has 6 heteroatoms. The van der Waals surface area contributed by atoms with Gasteiger partial charge in [-0.15, -0.1) is 10.2 Å². The summed E-state index contributed by atoms with van der Waals surface area (Å²) >= 11 is 1.42. The first-order valence-corrected chi connectivity index (χ1v) is 9.71. The number of aromatic nitrogens is 4. The fourth-order valence-corrected chi connectivity index (χ4v) is 4.14. The highest BCUT2D eigenvalue weighted by molar-refractivity contribution is 7.99. The van der Waals surface area contributed by atoms with Gasteiger partial charge in [0.05, 0.1) is 5.75 Å². The summed E-state index contributed by atoms with van der Waals surface area (Å²) in [6, 6.07) is 18.0. The van der Waals surface area contributed by atoms with Gasteiger partial charge >= 0.3 is 0 Å². The summed E-state index contributed by atoms with van der Waals surface area (Å²) in [5.41, 5.74) is 3.87. The van der Waals surface area contributed by atoms with E-state index in [-0.39, 0.29) is 5.78 Å². The van der Waals surface area contributed by atoms with Crippen LogP contribution in [-0.2, 0) is 14.1 Å². The maximum atomic E-state index is 13.0. The Labute approximate surface area is 162 Å². The predicted molar refractivity (Wildman–Crippen MR) is 109 cm³/mol. The standard InChI is InChI=1S/C21H20N4OS/c1-14-19(16-11-7-8-12-17(16)24(14)2)18(26)13-27-21-23-22-20(25(21)3)15-9-5-4-6-10-15/h4-12H,13H2,1-3H3. The zero-order valence-corrected chi connectivity index (χ0v) is 16.3. The van der Waals surface area contributed by atoms with Crippen LogP contribution >= 0.6 is 11.8 Å². The number of rotatable bonds is 5. The molecule has 4 rings (SSSR count). The van der Waals surface area contributed by atoms with Gasteiger partial charge in [-0.1, -0.05) is 60.3 Å². The first-order valence-electron chi connectivity index (χ1n) is 8.72. The van der Waals surface area contributed by atoms with Gasteiger partial charge in [-0.2, -0.15) is 0 Å². The van der Waals surface area contributed by atoms with Crippen molar-refractivity contribution in [2.24, 2.45) is 14.1 Å². The van der Waals surface area contributed by atoms with Crippen LogP contribution in [-0.4, -0.2) is 30.9 Å². The Morgan fingerprint density at radius 1 is 0.963 bits per heavy atom. The average molecular weight is 376 g/mol. The molecule has 0 bridgehead atoms. The lowest BCUT2D eigenvalue weighted by atomic mass is 10.1. The second kappa shape index (κ2) is 7.04. The van der Waals surface area contributed by atoms with E-state index in [4.69, 9.17) is 0 Å². The Morgan fingerprint density at radius 3 is 2.44 bits per heavy atom. The molecule has 0 unspecified atom stereocenters. The minimum absolute atomic E-state index is 0.110. The molecular formula is C21H20N4OS. The monoisotopic (exact) mass is 376 g/mol. The molecule has 136 valence electrons. The molecule has 5 nitrogen and oxygen atoms in total. The molecule has 27 heavy (non-hydrogen) atoms. The quantitative estimate of drug-likeness (QED) is 0.386. The zero-order chi connectivity index (χ0) is 19.0. The molecule has 4 aromatic rings. The Morgan fingerprint density at radius 2 is 1.67 bits per heavy atom. The van der Waals surface area contributed by atoms with Crippen LogP contribution in [0.1, 0.15) is 16.1 Å². The molecule has 0 radical (unpaired) electrons. The summed E-state index contributed by atoms with van der Waals surface area (Å²) in [5.74, 6) is 1.24. The Kier molecular flexibility index (Phi) is 4.58. The topological polar surface area (TPSA) is 52.7 Å². The molecule has 2 aromatic heterocycles. The van der Waals surface area contributed by atoms with Gasteiger partial charge in [0, 0.05) is 41.8 Å². The second-order valence-electron chi connectivity index (χ2n) is 6.48. The van der Waals surface area contributed by atoms with Gasteiger partial charge in [0.25, 0.3) is 0 Å². The molecule has 0 aliphatic carbocycles. The molecule has 0 saturated heterocycles. The maximum Gasteiger partial charge on any atom is 0.191 e. The van der Waals surface area contributed by atoms with Gasteiger partial charge in [0.2, 0.25) is 0 Å². The number of ketones is 1. The number of aryl methyl sites for hydroxylation is 1. The second-order valence-corrected chi connectivity index (χ2v) is 7.42. The number of para-hydroxylation sites is 1. The number of hydrogen-bond acceptors (Lipinski definition) is 4. The molecule has 0 spiro atoms. The van der Waals surface area contributed by atoms with Crippen LogP contribution in [0.4, 0.5) is 0 Å². The number of hydrogen-bond donors (Lipinski definition) is 0. The number of thioether (sulfide) groups is 1. The van der Waals surface area contributed by atoms with Gasteiger partial charge in [0.15, 0.2) is 16.8 Å². The van der Waals surface area contributed by atoms with Crippen LogP contribution in [0.2, 0.25) is 0 Å². The van der Waals surface area contributed by atoms with E-state index in [0.29, 0.717) is 5.75 Å². The Bertz CT molecular complexity index is 1130. The van der Waals surface area contributed by atoms with E-state index < -0.39 is 0 Å². The average Bonchev–Trinajstić information content (AvgIpc) is 3.18. The van der Waals surface area contributed by atoms with Crippen LogP contribution < -0.4 is 0 Å². The Hall–Kier alpha value is -2.86. The largest absolute Gasteiger partial charge is 0.347 e. The van der Waals surface area contributed by atoms with Gasteiger partial charge in [-0.05, 0) is 13.0 Å². The molecular weight excluding hydrogens is 356 g/mol. The number of carbonyl (C=O) groups is 1. The van der Waals surface area contributed by atoms with Crippen LogP contribution in [0, 0.1) is 6.92 Å². The minimum Gasteiger partial charge on any atom is -0.347 e. The van der Waals surface area contributed by atoms with Gasteiger partial charge < -0.3 is 9.13 Å². The van der Waals surface area contributed by atoms with Crippen molar-refractivity contribution >= 4 is 28.4 Å². The van der Waals surface area contributed by atoms with Crippen molar-refractivity contribution in [1.29, 1.82) is 0 Å². The summed E-state index contributed by atoms with van der Waals surface area (Å²) in [5, 5.41) is 10.3. The third-order valence-corrected chi connectivity index (χ3v) is 5.90. The molecule has 0 fully saturated rings. The maximum absolute atomic E-state index is 13.0. The highest BCUT2D eigenvalue weighted by atomic mass is 32.2. The van der Waals surface area contributed by atoms with E-state index in [1.807, 2.05) is 80.2 Å². The van der Waals surface area contributed by atoms with Crippen molar-refractivity contribution in [2.75, 3.05) is 5.75 Å². The van der Waals surface area contributed by atoms with Crippen molar-refractivity contribution in [3.05, 3.63) is 65.9 Å². The van der Waals surface area contributed by atoms with E-state index in [1.54, 1.807) is 0 Å². The lowest BCUT2D eigenvalue weighted by Crippen LogP contribution is -2.06. The summed E-state index contributed by atoms with van der Waals surface area (Å²) in [7, 11) is 3.93. The fraction of sp³-hybridized carbons (Fsp3) is 0.190. The smallest absolute Gasteiger partial charge is 0.191 e. The van der Waals surface area contributed by atoms with Crippen molar-refractivity contribution < 1.29 is 4.79 Å².